The standard InChI is InChI=1S/C35H42N2/c1-5-7-9-27-11-19-31(20-12-27)36-33-23-15-29(16-24-33)35(3,4)30-17-25-34(26-18-30)37-32-21-13-28(14-22-32)10-8-6-2/h11-26,36-37H,5-10H2,1-4H3. The third-order valence-electron chi connectivity index (χ3n) is 7.34. The van der Waals surface area contributed by atoms with Crippen molar-refractivity contribution >= 4 is 22.7 Å². The van der Waals surface area contributed by atoms with Gasteiger partial charge in [0, 0.05) is 28.2 Å². The number of hydrogen-bond donors (Lipinski definition) is 2. The van der Waals surface area contributed by atoms with Crippen molar-refractivity contribution in [2.75, 3.05) is 10.6 Å². The number of nitrogens with one attached hydrogen (secondary N) is 2. The predicted molar refractivity (Wildman–Crippen MR) is 162 cm³/mol. The highest BCUT2D eigenvalue weighted by molar-refractivity contribution is 5.62. The van der Waals surface area contributed by atoms with Crippen molar-refractivity contribution in [2.24, 2.45) is 0 Å². The molecule has 192 valence electrons. The predicted octanol–water partition coefficient (Wildman–Crippen LogP) is 10.2. The van der Waals surface area contributed by atoms with Crippen molar-refractivity contribution in [3.8, 4) is 0 Å². The van der Waals surface area contributed by atoms with E-state index in [-0.39, 0.29) is 5.41 Å². The lowest BCUT2D eigenvalue weighted by Gasteiger charge is -2.26. The number of rotatable bonds is 12. The smallest absolute Gasteiger partial charge is 0.0384 e. The van der Waals surface area contributed by atoms with Crippen LogP contribution < -0.4 is 10.6 Å². The number of hydrogen-bond acceptors (Lipinski definition) is 2. The third-order valence-corrected chi connectivity index (χ3v) is 7.34. The first-order valence-corrected chi connectivity index (χ1v) is 13.9. The molecule has 0 atom stereocenters. The maximum absolute atomic E-state index is 3.54. The summed E-state index contributed by atoms with van der Waals surface area (Å²) in [4.78, 5) is 0. The van der Waals surface area contributed by atoms with E-state index < -0.39 is 0 Å². The minimum Gasteiger partial charge on any atom is -0.356 e. The fraction of sp³-hybridized carbons (Fsp3) is 0.314. The van der Waals surface area contributed by atoms with Crippen LogP contribution in [0.4, 0.5) is 22.7 Å². The second kappa shape index (κ2) is 12.6. The lowest BCUT2D eigenvalue weighted by Crippen LogP contribution is -2.18. The zero-order valence-electron chi connectivity index (χ0n) is 23.0. The van der Waals surface area contributed by atoms with Crippen LogP contribution in [0.3, 0.4) is 0 Å². The van der Waals surface area contributed by atoms with E-state index in [0.717, 1.165) is 35.6 Å². The first-order chi connectivity index (χ1) is 18.0. The molecule has 4 aromatic carbocycles. The Morgan fingerprint density at radius 2 is 0.757 bits per heavy atom. The van der Waals surface area contributed by atoms with E-state index in [1.807, 2.05) is 0 Å². The van der Waals surface area contributed by atoms with Gasteiger partial charge in [0.25, 0.3) is 0 Å². The molecule has 0 unspecified atom stereocenters. The summed E-state index contributed by atoms with van der Waals surface area (Å²) in [5.74, 6) is 0. The quantitative estimate of drug-likeness (QED) is 0.206. The Morgan fingerprint density at radius 3 is 1.05 bits per heavy atom. The Labute approximate surface area is 224 Å². The van der Waals surface area contributed by atoms with E-state index in [4.69, 9.17) is 0 Å². The van der Waals surface area contributed by atoms with Crippen molar-refractivity contribution in [2.45, 2.75) is 71.6 Å². The van der Waals surface area contributed by atoms with Gasteiger partial charge in [0.1, 0.15) is 0 Å². The number of benzene rings is 4. The molecular weight excluding hydrogens is 448 g/mol. The van der Waals surface area contributed by atoms with Crippen molar-refractivity contribution in [1.82, 2.24) is 0 Å². The molecule has 0 aliphatic heterocycles. The normalized spacial score (nSPS) is 11.4. The second-order valence-electron chi connectivity index (χ2n) is 10.6. The largest absolute Gasteiger partial charge is 0.356 e. The highest BCUT2D eigenvalue weighted by atomic mass is 14.9. The van der Waals surface area contributed by atoms with Gasteiger partial charge >= 0.3 is 0 Å². The fourth-order valence-corrected chi connectivity index (χ4v) is 4.71. The van der Waals surface area contributed by atoms with E-state index in [1.165, 1.54) is 47.9 Å². The maximum atomic E-state index is 3.54. The molecule has 0 saturated heterocycles. The lowest BCUT2D eigenvalue weighted by atomic mass is 9.78. The Bertz CT molecular complexity index is 1120. The molecule has 2 N–H and O–H groups in total. The van der Waals surface area contributed by atoms with Gasteiger partial charge in [-0.25, -0.2) is 0 Å². The molecule has 0 aromatic heterocycles. The fourth-order valence-electron chi connectivity index (χ4n) is 4.71. The van der Waals surface area contributed by atoms with Crippen LogP contribution in [0.1, 0.15) is 75.6 Å². The van der Waals surface area contributed by atoms with Crippen LogP contribution in [0.5, 0.6) is 0 Å². The SMILES string of the molecule is CCCCc1ccc(Nc2ccc(C(C)(C)c3ccc(Nc4ccc(CCCC)cc4)cc3)cc2)cc1. The average Bonchev–Trinajstić information content (AvgIpc) is 2.93. The van der Waals surface area contributed by atoms with Crippen LogP contribution in [0, 0.1) is 0 Å². The minimum absolute atomic E-state index is 0.0844. The van der Waals surface area contributed by atoms with Gasteiger partial charge in [-0.05, 0) is 96.5 Å². The lowest BCUT2D eigenvalue weighted by molar-refractivity contribution is 0.641. The molecule has 2 nitrogen and oxygen atoms in total. The molecule has 0 spiro atoms. The van der Waals surface area contributed by atoms with E-state index in [9.17, 15) is 0 Å². The van der Waals surface area contributed by atoms with Crippen molar-refractivity contribution in [3.63, 3.8) is 0 Å². The third kappa shape index (κ3) is 7.26. The Morgan fingerprint density at radius 1 is 0.459 bits per heavy atom. The first kappa shape index (κ1) is 26.5. The molecule has 4 aromatic rings. The first-order valence-electron chi connectivity index (χ1n) is 13.9. The van der Waals surface area contributed by atoms with Crippen molar-refractivity contribution in [3.05, 3.63) is 119 Å². The second-order valence-corrected chi connectivity index (χ2v) is 10.6. The molecule has 0 aliphatic rings. The van der Waals surface area contributed by atoms with Gasteiger partial charge in [0.05, 0.1) is 0 Å². The molecule has 0 bridgehead atoms. The maximum Gasteiger partial charge on any atom is 0.0384 e. The summed E-state index contributed by atoms with van der Waals surface area (Å²) < 4.78 is 0. The summed E-state index contributed by atoms with van der Waals surface area (Å²) in [6.07, 6.45) is 7.27. The van der Waals surface area contributed by atoms with E-state index >= 15 is 0 Å². The van der Waals surface area contributed by atoms with Gasteiger partial charge in [-0.2, -0.15) is 0 Å². The summed E-state index contributed by atoms with van der Waals surface area (Å²) in [5, 5.41) is 7.08. The average molecular weight is 491 g/mol. The van der Waals surface area contributed by atoms with E-state index in [2.05, 4.69) is 135 Å². The molecule has 37 heavy (non-hydrogen) atoms. The van der Waals surface area contributed by atoms with Gasteiger partial charge in [-0.1, -0.05) is 89.1 Å². The topological polar surface area (TPSA) is 24.1 Å². The van der Waals surface area contributed by atoms with Gasteiger partial charge in [0.2, 0.25) is 0 Å². The Hall–Kier alpha value is -3.52. The number of anilines is 4. The summed E-state index contributed by atoms with van der Waals surface area (Å²) >= 11 is 0. The molecule has 0 heterocycles. The van der Waals surface area contributed by atoms with Gasteiger partial charge in [0.15, 0.2) is 0 Å². The summed E-state index contributed by atoms with van der Waals surface area (Å²) in [5.41, 5.74) is 9.82. The Balaban J connectivity index is 1.37. The summed E-state index contributed by atoms with van der Waals surface area (Å²) in [7, 11) is 0. The molecule has 0 fully saturated rings. The van der Waals surface area contributed by atoms with Crippen molar-refractivity contribution in [1.29, 1.82) is 0 Å². The molecule has 2 heteroatoms. The zero-order valence-corrected chi connectivity index (χ0v) is 23.0. The summed E-state index contributed by atoms with van der Waals surface area (Å²) in [6.45, 7) is 9.06. The Kier molecular flexibility index (Phi) is 9.06. The minimum atomic E-state index is -0.0844. The summed E-state index contributed by atoms with van der Waals surface area (Å²) in [6, 6.07) is 35.3. The number of unbranched alkanes of at least 4 members (excludes halogenated alkanes) is 2. The highest BCUT2D eigenvalue weighted by Crippen LogP contribution is 2.33. The molecular formula is C35H42N2. The zero-order chi connectivity index (χ0) is 26.1. The van der Waals surface area contributed by atoms with Crippen molar-refractivity contribution < 1.29 is 0 Å². The number of aryl methyl sites for hydroxylation is 2. The van der Waals surface area contributed by atoms with Crippen LogP contribution in [-0.2, 0) is 18.3 Å². The van der Waals surface area contributed by atoms with E-state index in [1.54, 1.807) is 0 Å². The van der Waals surface area contributed by atoms with Gasteiger partial charge in [-0.3, -0.25) is 0 Å². The van der Waals surface area contributed by atoms with Gasteiger partial charge in [-0.15, -0.1) is 0 Å². The monoisotopic (exact) mass is 490 g/mol. The molecule has 4 rings (SSSR count). The van der Waals surface area contributed by atoms with Crippen LogP contribution in [0.15, 0.2) is 97.1 Å². The van der Waals surface area contributed by atoms with E-state index in [0.29, 0.717) is 0 Å². The van der Waals surface area contributed by atoms with Crippen LogP contribution >= 0.6 is 0 Å². The molecule has 0 aliphatic carbocycles. The molecule has 0 saturated carbocycles. The van der Waals surface area contributed by atoms with Crippen LogP contribution in [-0.4, -0.2) is 0 Å². The molecule has 0 amide bonds. The van der Waals surface area contributed by atoms with Crippen LogP contribution in [0.2, 0.25) is 0 Å². The van der Waals surface area contributed by atoms with Crippen LogP contribution in [0.25, 0.3) is 0 Å². The van der Waals surface area contributed by atoms with Gasteiger partial charge < -0.3 is 10.6 Å². The highest BCUT2D eigenvalue weighted by Gasteiger charge is 2.23. The molecule has 0 radical (unpaired) electrons.